The Morgan fingerprint density at radius 2 is 1.45 bits per heavy atom. The molecule has 2 atom stereocenters. The van der Waals surface area contributed by atoms with Gasteiger partial charge in [-0.3, -0.25) is 0 Å². The minimum atomic E-state index is -0.557. The molecule has 0 aliphatic carbocycles. The van der Waals surface area contributed by atoms with Crippen LogP contribution < -0.4 is 14.2 Å². The van der Waals surface area contributed by atoms with E-state index in [1.807, 2.05) is 30.3 Å². The Labute approximate surface area is 243 Å². The zero-order valence-electron chi connectivity index (χ0n) is 23.2. The largest absolute Gasteiger partial charge is 0.504 e. The molecule has 0 saturated heterocycles. The van der Waals surface area contributed by atoms with Crippen molar-refractivity contribution in [3.8, 4) is 23.0 Å². The maximum atomic E-state index is 12.8. The number of hydrogen-bond acceptors (Lipinski definition) is 8. The van der Waals surface area contributed by atoms with E-state index in [9.17, 15) is 14.7 Å². The van der Waals surface area contributed by atoms with Crippen molar-refractivity contribution < 1.29 is 38.4 Å². The number of esters is 2. The lowest BCUT2D eigenvalue weighted by atomic mass is 9.90. The number of hydrogen-bond donors (Lipinski definition) is 1. The number of phenols is 1. The third-order valence-corrected chi connectivity index (χ3v) is 6.90. The topological polar surface area (TPSA) is 101 Å². The second-order valence-corrected chi connectivity index (χ2v) is 9.55. The van der Waals surface area contributed by atoms with Crippen LogP contribution in [0.15, 0.2) is 97.1 Å². The van der Waals surface area contributed by atoms with Gasteiger partial charge in [0.2, 0.25) is 0 Å². The van der Waals surface area contributed by atoms with Gasteiger partial charge in [-0.1, -0.05) is 48.5 Å². The number of rotatable bonds is 10. The molecule has 4 aromatic rings. The first kappa shape index (κ1) is 28.3. The lowest BCUT2D eigenvalue weighted by Gasteiger charge is -2.20. The van der Waals surface area contributed by atoms with Gasteiger partial charge in [0.1, 0.15) is 19.3 Å². The van der Waals surface area contributed by atoms with Crippen molar-refractivity contribution >= 4 is 18.0 Å². The van der Waals surface area contributed by atoms with Crippen LogP contribution in [0.3, 0.4) is 0 Å². The average molecular weight is 567 g/mol. The van der Waals surface area contributed by atoms with Crippen LogP contribution in [0.25, 0.3) is 6.08 Å². The molecule has 0 aromatic heterocycles. The van der Waals surface area contributed by atoms with Crippen LogP contribution in [0.1, 0.15) is 49.4 Å². The monoisotopic (exact) mass is 566 g/mol. The van der Waals surface area contributed by atoms with Crippen molar-refractivity contribution in [2.75, 3.05) is 27.4 Å². The highest BCUT2D eigenvalue weighted by atomic mass is 16.5. The normalized spacial score (nSPS) is 15.5. The van der Waals surface area contributed by atoms with Gasteiger partial charge < -0.3 is 28.8 Å². The third kappa shape index (κ3) is 6.23. The molecule has 1 heterocycles. The first-order valence-corrected chi connectivity index (χ1v) is 13.3. The predicted molar refractivity (Wildman–Crippen MR) is 156 cm³/mol. The van der Waals surface area contributed by atoms with Crippen LogP contribution >= 0.6 is 0 Å². The Balaban J connectivity index is 1.41. The number of methoxy groups -OCH3 is 2. The van der Waals surface area contributed by atoms with Crippen LogP contribution in [-0.2, 0) is 9.47 Å². The fraction of sp³-hybridized carbons (Fsp3) is 0.176. The molecular formula is C34H30O8. The molecule has 5 rings (SSSR count). The smallest absolute Gasteiger partial charge is 0.338 e. The summed E-state index contributed by atoms with van der Waals surface area (Å²) in [7, 11) is 3.02. The van der Waals surface area contributed by atoms with E-state index in [1.165, 1.54) is 13.2 Å². The first-order chi connectivity index (χ1) is 20.5. The molecule has 8 nitrogen and oxygen atoms in total. The van der Waals surface area contributed by atoms with Crippen molar-refractivity contribution in [3.05, 3.63) is 125 Å². The zero-order valence-corrected chi connectivity index (χ0v) is 23.2. The van der Waals surface area contributed by atoms with Gasteiger partial charge in [-0.05, 0) is 65.7 Å². The summed E-state index contributed by atoms with van der Waals surface area (Å²) in [6, 6.07) is 26.3. The number of carbonyl (C=O) groups is 2. The molecule has 0 saturated carbocycles. The first-order valence-electron chi connectivity index (χ1n) is 13.3. The Kier molecular flexibility index (Phi) is 8.72. The molecule has 0 spiro atoms. The van der Waals surface area contributed by atoms with Crippen LogP contribution in [0.5, 0.6) is 23.0 Å². The van der Waals surface area contributed by atoms with E-state index in [-0.39, 0.29) is 19.0 Å². The molecule has 4 aromatic carbocycles. The summed E-state index contributed by atoms with van der Waals surface area (Å²) in [6.45, 7) is 0.108. The van der Waals surface area contributed by atoms with Crippen LogP contribution in [-0.4, -0.2) is 44.5 Å². The van der Waals surface area contributed by atoms with Crippen molar-refractivity contribution in [1.29, 1.82) is 0 Å². The summed E-state index contributed by atoms with van der Waals surface area (Å²) in [6.07, 6.45) is 3.01. The number of benzene rings is 4. The van der Waals surface area contributed by atoms with E-state index in [1.54, 1.807) is 73.8 Å². The van der Waals surface area contributed by atoms with E-state index in [2.05, 4.69) is 0 Å². The number of aromatic hydroxyl groups is 1. The van der Waals surface area contributed by atoms with Gasteiger partial charge in [0.05, 0.1) is 31.3 Å². The Bertz CT molecular complexity index is 1580. The fourth-order valence-electron chi connectivity index (χ4n) is 4.80. The number of carbonyl (C=O) groups excluding carboxylic acids is 2. The van der Waals surface area contributed by atoms with Crippen molar-refractivity contribution in [2.24, 2.45) is 0 Å². The molecule has 0 fully saturated rings. The molecular weight excluding hydrogens is 536 g/mol. The molecule has 42 heavy (non-hydrogen) atoms. The minimum absolute atomic E-state index is 0.00165. The van der Waals surface area contributed by atoms with E-state index in [0.29, 0.717) is 28.4 Å². The zero-order chi connectivity index (χ0) is 29.5. The third-order valence-electron chi connectivity index (χ3n) is 6.90. The Hall–Kier alpha value is -5.24. The molecule has 1 aliphatic heterocycles. The molecule has 0 radical (unpaired) electrons. The minimum Gasteiger partial charge on any atom is -0.504 e. The summed E-state index contributed by atoms with van der Waals surface area (Å²) in [5, 5.41) is 10.1. The van der Waals surface area contributed by atoms with Crippen LogP contribution in [0.2, 0.25) is 0 Å². The number of ether oxygens (including phenoxy) is 5. The van der Waals surface area contributed by atoms with Gasteiger partial charge in [-0.15, -0.1) is 0 Å². The highest BCUT2D eigenvalue weighted by Crippen LogP contribution is 2.52. The lowest BCUT2D eigenvalue weighted by Crippen LogP contribution is -2.18. The van der Waals surface area contributed by atoms with Crippen molar-refractivity contribution in [2.45, 2.75) is 12.0 Å². The van der Waals surface area contributed by atoms with Gasteiger partial charge in [0, 0.05) is 5.56 Å². The predicted octanol–water partition coefficient (Wildman–Crippen LogP) is 6.35. The second kappa shape index (κ2) is 13.0. The van der Waals surface area contributed by atoms with Gasteiger partial charge in [-0.2, -0.15) is 0 Å². The second-order valence-electron chi connectivity index (χ2n) is 9.55. The molecule has 214 valence electrons. The van der Waals surface area contributed by atoms with E-state index in [0.717, 1.165) is 16.7 Å². The standard InChI is InChI=1S/C34H30O8/c1-38-29-20-25(15-16-28(29)35)31-27(21-41-34(37)24-13-7-4-8-14-24)26-18-22(19-30(39-2)32(26)42-31)10-9-17-40-33(36)23-11-5-3-6-12-23/h3-16,18-20,27,31,35H,17,21H2,1-2H3/b10-9+/t27-,31+/m0/s1. The van der Waals surface area contributed by atoms with E-state index < -0.39 is 24.0 Å². The highest BCUT2D eigenvalue weighted by molar-refractivity contribution is 5.89. The van der Waals surface area contributed by atoms with Crippen LogP contribution in [0, 0.1) is 0 Å². The van der Waals surface area contributed by atoms with Gasteiger partial charge in [0.25, 0.3) is 0 Å². The average Bonchev–Trinajstić information content (AvgIpc) is 3.40. The summed E-state index contributed by atoms with van der Waals surface area (Å²) in [4.78, 5) is 25.1. The van der Waals surface area contributed by atoms with Crippen molar-refractivity contribution in [1.82, 2.24) is 0 Å². The van der Waals surface area contributed by atoms with Crippen LogP contribution in [0.4, 0.5) is 0 Å². The number of fused-ring (bicyclic) bond motifs is 1. The molecule has 1 N–H and O–H groups in total. The fourth-order valence-corrected chi connectivity index (χ4v) is 4.80. The maximum Gasteiger partial charge on any atom is 0.338 e. The maximum absolute atomic E-state index is 12.8. The van der Waals surface area contributed by atoms with E-state index >= 15 is 0 Å². The summed E-state index contributed by atoms with van der Waals surface area (Å²) in [5.41, 5.74) is 3.22. The Morgan fingerprint density at radius 1 is 0.810 bits per heavy atom. The molecule has 1 aliphatic rings. The molecule has 8 heteroatoms. The lowest BCUT2D eigenvalue weighted by molar-refractivity contribution is 0.0428. The number of phenolic OH excluding ortho intramolecular Hbond substituents is 1. The SMILES string of the molecule is COc1cc([C@H]2Oc3c(OC)cc(/C=C/COC(=O)c4ccccc4)cc3[C@@H]2COC(=O)c2ccccc2)ccc1O. The summed E-state index contributed by atoms with van der Waals surface area (Å²) < 4.78 is 28.5. The van der Waals surface area contributed by atoms with E-state index in [4.69, 9.17) is 23.7 Å². The van der Waals surface area contributed by atoms with Crippen molar-refractivity contribution in [3.63, 3.8) is 0 Å². The highest BCUT2D eigenvalue weighted by Gasteiger charge is 2.39. The van der Waals surface area contributed by atoms with Gasteiger partial charge in [-0.25, -0.2) is 9.59 Å². The summed E-state index contributed by atoms with van der Waals surface area (Å²) in [5.74, 6) is 0.0700. The molecule has 0 bridgehead atoms. The summed E-state index contributed by atoms with van der Waals surface area (Å²) >= 11 is 0. The molecule has 0 unspecified atom stereocenters. The van der Waals surface area contributed by atoms with Gasteiger partial charge in [0.15, 0.2) is 23.0 Å². The Morgan fingerprint density at radius 3 is 2.10 bits per heavy atom. The molecule has 0 amide bonds. The quantitative estimate of drug-likeness (QED) is 0.222. The van der Waals surface area contributed by atoms with Gasteiger partial charge >= 0.3 is 11.9 Å².